The van der Waals surface area contributed by atoms with Gasteiger partial charge in [-0.25, -0.2) is 4.98 Å². The molecule has 0 radical (unpaired) electrons. The summed E-state index contributed by atoms with van der Waals surface area (Å²) >= 11 is 1.40. The third-order valence-electron chi connectivity index (χ3n) is 4.25. The number of aryl methyl sites for hydroxylation is 1. The summed E-state index contributed by atoms with van der Waals surface area (Å²) in [5.74, 6) is 0.552. The number of amides is 1. The Hall–Kier alpha value is -1.73. The molecule has 2 rings (SSSR count). The predicted octanol–water partition coefficient (Wildman–Crippen LogP) is 3.03. The highest BCUT2D eigenvalue weighted by atomic mass is 32.1. The van der Waals surface area contributed by atoms with Gasteiger partial charge in [-0.05, 0) is 25.4 Å². The molecule has 0 aliphatic heterocycles. The molecule has 7 heteroatoms. The number of carbonyl (C=O) groups is 1. The number of nitrogens with one attached hydrogen (secondary N) is 1. The molecule has 25 heavy (non-hydrogen) atoms. The maximum Gasteiger partial charge on any atom is 0.263 e. The number of nitrogens with zero attached hydrogens (tertiary/aromatic N) is 4. The van der Waals surface area contributed by atoms with Gasteiger partial charge in [-0.1, -0.05) is 27.7 Å². The van der Waals surface area contributed by atoms with Crippen molar-refractivity contribution in [3.63, 3.8) is 0 Å². The molecule has 0 unspecified atom stereocenters. The van der Waals surface area contributed by atoms with Gasteiger partial charge in [0, 0.05) is 31.4 Å². The van der Waals surface area contributed by atoms with Gasteiger partial charge in [0.15, 0.2) is 0 Å². The number of likely N-dealkylation sites (N-methyl/N-ethyl adjacent to an activating group) is 1. The van der Waals surface area contributed by atoms with Crippen molar-refractivity contribution >= 4 is 17.2 Å². The van der Waals surface area contributed by atoms with Crippen LogP contribution in [-0.2, 0) is 7.05 Å². The molecular weight excluding hydrogens is 334 g/mol. The lowest BCUT2D eigenvalue weighted by atomic mass is 10.0. The Bertz CT molecular complexity index is 675. The van der Waals surface area contributed by atoms with Gasteiger partial charge in [-0.2, -0.15) is 5.10 Å². The molecule has 1 atom stereocenters. The molecular formula is C18H29N5OS. The quantitative estimate of drug-likeness (QED) is 0.744. The van der Waals surface area contributed by atoms with Crippen molar-refractivity contribution in [1.29, 1.82) is 0 Å². The van der Waals surface area contributed by atoms with Crippen LogP contribution in [0.15, 0.2) is 18.6 Å². The van der Waals surface area contributed by atoms with Crippen LogP contribution in [0.4, 0.5) is 0 Å². The molecule has 0 fully saturated rings. The summed E-state index contributed by atoms with van der Waals surface area (Å²) in [5.41, 5.74) is 0.937. The number of thiazole rings is 1. The molecule has 0 aromatic carbocycles. The van der Waals surface area contributed by atoms with Gasteiger partial charge in [0.25, 0.3) is 5.91 Å². The van der Waals surface area contributed by atoms with E-state index in [0.29, 0.717) is 23.4 Å². The molecule has 138 valence electrons. The maximum atomic E-state index is 12.5. The van der Waals surface area contributed by atoms with E-state index in [1.165, 1.54) is 11.3 Å². The molecule has 1 N–H and O–H groups in total. The van der Waals surface area contributed by atoms with Crippen molar-refractivity contribution in [2.24, 2.45) is 13.0 Å². The fourth-order valence-corrected chi connectivity index (χ4v) is 3.79. The second kappa shape index (κ2) is 9.10. The maximum absolute atomic E-state index is 12.5. The topological polar surface area (TPSA) is 63.1 Å². The lowest BCUT2D eigenvalue weighted by Gasteiger charge is -2.31. The van der Waals surface area contributed by atoms with Crippen molar-refractivity contribution in [2.45, 2.75) is 40.2 Å². The van der Waals surface area contributed by atoms with E-state index in [1.807, 2.05) is 13.2 Å². The van der Waals surface area contributed by atoms with E-state index in [4.69, 9.17) is 0 Å². The Morgan fingerprint density at radius 1 is 1.32 bits per heavy atom. The van der Waals surface area contributed by atoms with Crippen LogP contribution in [0.25, 0.3) is 10.6 Å². The first-order chi connectivity index (χ1) is 11.9. The highest BCUT2D eigenvalue weighted by Crippen LogP contribution is 2.24. The Morgan fingerprint density at radius 3 is 2.60 bits per heavy atom. The van der Waals surface area contributed by atoms with Crippen LogP contribution in [0.1, 0.15) is 43.8 Å². The number of hydrogen-bond acceptors (Lipinski definition) is 5. The van der Waals surface area contributed by atoms with Gasteiger partial charge in [0.05, 0.1) is 12.4 Å². The summed E-state index contributed by atoms with van der Waals surface area (Å²) in [4.78, 5) is 19.9. The molecule has 2 aromatic rings. The monoisotopic (exact) mass is 363 g/mol. The summed E-state index contributed by atoms with van der Waals surface area (Å²) in [6, 6.07) is 0.365. The number of hydrogen-bond donors (Lipinski definition) is 1. The van der Waals surface area contributed by atoms with Gasteiger partial charge in [0.1, 0.15) is 9.88 Å². The number of aromatic nitrogens is 3. The van der Waals surface area contributed by atoms with E-state index in [0.717, 1.165) is 30.1 Å². The van der Waals surface area contributed by atoms with E-state index in [2.05, 4.69) is 48.0 Å². The largest absolute Gasteiger partial charge is 0.350 e. The highest BCUT2D eigenvalue weighted by molar-refractivity contribution is 7.16. The summed E-state index contributed by atoms with van der Waals surface area (Å²) in [5, 5.41) is 8.06. The molecule has 0 aliphatic carbocycles. The zero-order valence-corrected chi connectivity index (χ0v) is 16.6. The predicted molar refractivity (Wildman–Crippen MR) is 103 cm³/mol. The van der Waals surface area contributed by atoms with E-state index < -0.39 is 0 Å². The zero-order valence-electron chi connectivity index (χ0n) is 15.8. The van der Waals surface area contributed by atoms with Crippen LogP contribution in [-0.4, -0.2) is 51.2 Å². The fourth-order valence-electron chi connectivity index (χ4n) is 2.99. The average Bonchev–Trinajstić information content (AvgIpc) is 3.21. The minimum absolute atomic E-state index is 0.0476. The Kier molecular flexibility index (Phi) is 7.13. The molecule has 0 saturated carbocycles. The lowest BCUT2D eigenvalue weighted by Crippen LogP contribution is -2.44. The Labute approximate surface area is 154 Å². The fraction of sp³-hybridized carbons (Fsp3) is 0.611. The summed E-state index contributed by atoms with van der Waals surface area (Å²) in [7, 11) is 1.87. The lowest BCUT2D eigenvalue weighted by molar-refractivity contribution is 0.0933. The number of carbonyl (C=O) groups excluding carboxylic acids is 1. The first-order valence-corrected chi connectivity index (χ1v) is 9.73. The van der Waals surface area contributed by atoms with E-state index in [1.54, 1.807) is 17.1 Å². The van der Waals surface area contributed by atoms with Crippen molar-refractivity contribution in [3.05, 3.63) is 23.5 Å². The minimum atomic E-state index is -0.0476. The van der Waals surface area contributed by atoms with Gasteiger partial charge >= 0.3 is 0 Å². The van der Waals surface area contributed by atoms with E-state index in [-0.39, 0.29) is 5.91 Å². The van der Waals surface area contributed by atoms with Gasteiger partial charge in [-0.15, -0.1) is 11.3 Å². The first kappa shape index (κ1) is 19.6. The van der Waals surface area contributed by atoms with E-state index >= 15 is 0 Å². The molecule has 2 aromatic heterocycles. The standard InChI is InChI=1S/C18H29N5OS/c1-6-23(7-2)15(8-13(3)4)10-19-17(24)16-11-20-18(25-16)14-9-21-22(5)12-14/h9,11-13,15H,6-8,10H2,1-5H3,(H,19,24)/t15-/m0/s1. The summed E-state index contributed by atoms with van der Waals surface area (Å²) < 4.78 is 1.73. The van der Waals surface area contributed by atoms with Crippen molar-refractivity contribution in [1.82, 2.24) is 25.0 Å². The molecule has 0 aliphatic rings. The minimum Gasteiger partial charge on any atom is -0.350 e. The third kappa shape index (κ3) is 5.37. The molecule has 1 amide bonds. The van der Waals surface area contributed by atoms with Crippen molar-refractivity contribution in [2.75, 3.05) is 19.6 Å². The van der Waals surface area contributed by atoms with Crippen LogP contribution in [0.3, 0.4) is 0 Å². The van der Waals surface area contributed by atoms with Crippen LogP contribution >= 0.6 is 11.3 Å². The molecule has 0 bridgehead atoms. The van der Waals surface area contributed by atoms with Crippen LogP contribution in [0.5, 0.6) is 0 Å². The van der Waals surface area contributed by atoms with Crippen LogP contribution in [0, 0.1) is 5.92 Å². The second-order valence-corrected chi connectivity index (χ2v) is 7.68. The van der Waals surface area contributed by atoms with Crippen molar-refractivity contribution in [3.8, 4) is 10.6 Å². The summed E-state index contributed by atoms with van der Waals surface area (Å²) in [6.45, 7) is 11.4. The highest BCUT2D eigenvalue weighted by Gasteiger charge is 2.19. The normalized spacial score (nSPS) is 12.8. The summed E-state index contributed by atoms with van der Waals surface area (Å²) in [6.07, 6.45) is 6.39. The smallest absolute Gasteiger partial charge is 0.263 e. The van der Waals surface area contributed by atoms with Gasteiger partial charge in [-0.3, -0.25) is 14.4 Å². The first-order valence-electron chi connectivity index (χ1n) is 8.91. The third-order valence-corrected chi connectivity index (χ3v) is 5.30. The number of rotatable bonds is 9. The van der Waals surface area contributed by atoms with E-state index in [9.17, 15) is 4.79 Å². The molecule has 6 nitrogen and oxygen atoms in total. The van der Waals surface area contributed by atoms with Gasteiger partial charge < -0.3 is 5.32 Å². The van der Waals surface area contributed by atoms with Crippen LogP contribution < -0.4 is 5.32 Å². The van der Waals surface area contributed by atoms with Gasteiger partial charge in [0.2, 0.25) is 0 Å². The Morgan fingerprint density at radius 2 is 2.04 bits per heavy atom. The van der Waals surface area contributed by atoms with Crippen LogP contribution in [0.2, 0.25) is 0 Å². The molecule has 0 spiro atoms. The second-order valence-electron chi connectivity index (χ2n) is 6.65. The molecule has 0 saturated heterocycles. The zero-order chi connectivity index (χ0) is 18.4. The SMILES string of the molecule is CCN(CC)[C@H](CNC(=O)c1cnc(-c2cnn(C)c2)s1)CC(C)C. The average molecular weight is 364 g/mol. The van der Waals surface area contributed by atoms with Crippen molar-refractivity contribution < 1.29 is 4.79 Å². The molecule has 2 heterocycles. The Balaban J connectivity index is 1.99.